The zero-order chi connectivity index (χ0) is 18.4. The summed E-state index contributed by atoms with van der Waals surface area (Å²) in [5.74, 6) is 0.886. The molecule has 0 unspecified atom stereocenters. The quantitative estimate of drug-likeness (QED) is 0.723. The molecule has 0 bridgehead atoms. The number of pyridine rings is 1. The molecule has 4 rings (SSSR count). The average Bonchev–Trinajstić information content (AvgIpc) is 3.10. The van der Waals surface area contributed by atoms with Crippen molar-refractivity contribution in [3.05, 3.63) is 41.7 Å². The number of nitrogens with two attached hydrogens (primary N) is 1. The largest absolute Gasteiger partial charge is 0.383 e. The van der Waals surface area contributed by atoms with Gasteiger partial charge in [0.1, 0.15) is 5.82 Å². The minimum atomic E-state index is -0.267. The molecule has 2 aromatic heterocycles. The normalized spacial score (nSPS) is 16.7. The van der Waals surface area contributed by atoms with E-state index in [1.807, 2.05) is 50.1 Å². The summed E-state index contributed by atoms with van der Waals surface area (Å²) in [4.78, 5) is 18.8. The summed E-state index contributed by atoms with van der Waals surface area (Å²) in [5.41, 5.74) is 7.99. The molecule has 0 saturated heterocycles. The minimum absolute atomic E-state index is 0.190. The summed E-state index contributed by atoms with van der Waals surface area (Å²) >= 11 is 0. The lowest BCUT2D eigenvalue weighted by atomic mass is 10.0. The molecule has 9 nitrogen and oxygen atoms in total. The lowest BCUT2D eigenvalue weighted by molar-refractivity contribution is -0.113. The Morgan fingerprint density at radius 1 is 1.31 bits per heavy atom. The van der Waals surface area contributed by atoms with Crippen molar-refractivity contribution in [1.29, 1.82) is 0 Å². The molecule has 1 amide bonds. The molecule has 0 spiro atoms. The van der Waals surface area contributed by atoms with Gasteiger partial charge in [-0.1, -0.05) is 5.10 Å². The molecule has 9 heteroatoms. The molecule has 26 heavy (non-hydrogen) atoms. The molecule has 3 N–H and O–H groups in total. The zero-order valence-corrected chi connectivity index (χ0v) is 14.6. The van der Waals surface area contributed by atoms with Crippen LogP contribution in [-0.4, -0.2) is 38.1 Å². The fourth-order valence-corrected chi connectivity index (χ4v) is 3.25. The fraction of sp³-hybridized carbons (Fsp3) is 0.235. The van der Waals surface area contributed by atoms with E-state index in [2.05, 4.69) is 25.8 Å². The van der Waals surface area contributed by atoms with Gasteiger partial charge in [0.15, 0.2) is 0 Å². The highest BCUT2D eigenvalue weighted by Crippen LogP contribution is 2.32. The predicted molar refractivity (Wildman–Crippen MR) is 98.4 cm³/mol. The van der Waals surface area contributed by atoms with Crippen molar-refractivity contribution in [3.63, 3.8) is 0 Å². The Kier molecular flexibility index (Phi) is 3.57. The number of aromatic nitrogens is 5. The number of carbonyl (C=O) groups is 1. The van der Waals surface area contributed by atoms with Crippen LogP contribution in [0, 0.1) is 0 Å². The van der Waals surface area contributed by atoms with E-state index in [0.717, 1.165) is 16.5 Å². The van der Waals surface area contributed by atoms with Gasteiger partial charge in [0.05, 0.1) is 11.6 Å². The molecule has 1 aliphatic heterocycles. The summed E-state index contributed by atoms with van der Waals surface area (Å²) < 4.78 is 1.63. The van der Waals surface area contributed by atoms with Gasteiger partial charge in [-0.3, -0.25) is 4.79 Å². The first-order valence-electron chi connectivity index (χ1n) is 8.15. The van der Waals surface area contributed by atoms with Crippen LogP contribution in [0.3, 0.4) is 0 Å². The summed E-state index contributed by atoms with van der Waals surface area (Å²) in [6.07, 6.45) is 1.65. The van der Waals surface area contributed by atoms with Crippen molar-refractivity contribution in [2.24, 2.45) is 0 Å². The first kappa shape index (κ1) is 16.0. The molecule has 0 saturated carbocycles. The zero-order valence-electron chi connectivity index (χ0n) is 14.6. The van der Waals surface area contributed by atoms with Gasteiger partial charge in [0, 0.05) is 30.0 Å². The molecule has 0 radical (unpaired) electrons. The van der Waals surface area contributed by atoms with E-state index < -0.39 is 0 Å². The Labute approximate surface area is 149 Å². The molecular formula is C17H18N8O. The van der Waals surface area contributed by atoms with Gasteiger partial charge in [-0.05, 0) is 53.9 Å². The number of nitrogens with zero attached hydrogens (tertiary/aromatic N) is 6. The van der Waals surface area contributed by atoms with Gasteiger partial charge >= 0.3 is 0 Å². The summed E-state index contributed by atoms with van der Waals surface area (Å²) in [7, 11) is 1.84. The number of hydrogen-bond donors (Lipinski definition) is 2. The molecule has 1 aliphatic rings. The number of amides is 1. The lowest BCUT2D eigenvalue weighted by Gasteiger charge is -2.30. The monoisotopic (exact) mass is 350 g/mol. The number of tetrazole rings is 1. The van der Waals surface area contributed by atoms with Crippen LogP contribution < -0.4 is 16.0 Å². The molecule has 0 fully saturated rings. The summed E-state index contributed by atoms with van der Waals surface area (Å²) in [5, 5.41) is 16.4. The fourth-order valence-electron chi connectivity index (χ4n) is 3.25. The van der Waals surface area contributed by atoms with Crippen molar-refractivity contribution in [2.75, 3.05) is 23.0 Å². The number of carbonyl (C=O) groups excluding carboxylic acids is 1. The van der Waals surface area contributed by atoms with E-state index in [4.69, 9.17) is 5.73 Å². The molecule has 1 aromatic carbocycles. The van der Waals surface area contributed by atoms with Gasteiger partial charge in [0.25, 0.3) is 5.91 Å². The molecule has 1 atom stereocenters. The summed E-state index contributed by atoms with van der Waals surface area (Å²) in [6, 6.07) is 7.13. The third kappa shape index (κ3) is 2.36. The maximum absolute atomic E-state index is 13.0. The molecular weight excluding hydrogens is 332 g/mol. The topological polar surface area (TPSA) is 115 Å². The van der Waals surface area contributed by atoms with Crippen LogP contribution in [0.1, 0.15) is 19.9 Å². The number of fused-ring (bicyclic) bond motifs is 2. The van der Waals surface area contributed by atoms with Gasteiger partial charge in [-0.25, -0.2) is 9.67 Å². The Morgan fingerprint density at radius 3 is 2.92 bits per heavy atom. The van der Waals surface area contributed by atoms with Crippen LogP contribution in [0.4, 0.5) is 17.5 Å². The number of allylic oxidation sites excluding steroid dienone is 1. The van der Waals surface area contributed by atoms with Crippen LogP contribution in [0.15, 0.2) is 41.7 Å². The number of anilines is 3. The minimum Gasteiger partial charge on any atom is -0.383 e. The molecule has 3 heterocycles. The molecule has 132 valence electrons. The van der Waals surface area contributed by atoms with Crippen molar-refractivity contribution in [3.8, 4) is 0 Å². The van der Waals surface area contributed by atoms with E-state index >= 15 is 0 Å². The van der Waals surface area contributed by atoms with Crippen molar-refractivity contribution in [2.45, 2.75) is 19.9 Å². The Bertz CT molecular complexity index is 1050. The Hall–Kier alpha value is -3.49. The van der Waals surface area contributed by atoms with Crippen molar-refractivity contribution >= 4 is 34.1 Å². The SMILES string of the molecule is CC1=C(C(=O)Nc2ccc3c(N)nccc3c2)[C@@H](C)n2nnnc2N1C. The first-order chi connectivity index (χ1) is 12.5. The van der Waals surface area contributed by atoms with Crippen LogP contribution in [-0.2, 0) is 4.79 Å². The van der Waals surface area contributed by atoms with Crippen molar-refractivity contribution < 1.29 is 4.79 Å². The first-order valence-corrected chi connectivity index (χ1v) is 8.15. The lowest BCUT2D eigenvalue weighted by Crippen LogP contribution is -2.34. The highest BCUT2D eigenvalue weighted by molar-refractivity contribution is 6.06. The Morgan fingerprint density at radius 2 is 2.12 bits per heavy atom. The smallest absolute Gasteiger partial charge is 0.255 e. The van der Waals surface area contributed by atoms with Gasteiger partial charge in [-0.2, -0.15) is 0 Å². The Balaban J connectivity index is 1.67. The highest BCUT2D eigenvalue weighted by Gasteiger charge is 2.32. The highest BCUT2D eigenvalue weighted by atomic mass is 16.1. The third-order valence-corrected chi connectivity index (χ3v) is 4.75. The molecule has 3 aromatic rings. The number of nitrogens with one attached hydrogen (secondary N) is 1. The van der Waals surface area contributed by atoms with E-state index in [0.29, 0.717) is 23.0 Å². The standard InChI is InChI=1S/C17H18N8O/c1-9-14(10(2)25-17(24(9)3)21-22-23-25)16(26)20-12-4-5-13-11(8-12)6-7-19-15(13)18/h4-8,10H,1-3H3,(H2,18,19)(H,20,26)/t10-/m1/s1. The van der Waals surface area contributed by atoms with Gasteiger partial charge in [-0.15, -0.1) is 0 Å². The predicted octanol–water partition coefficient (Wildman–Crippen LogP) is 1.73. The maximum atomic E-state index is 13.0. The van der Waals surface area contributed by atoms with Crippen LogP contribution in [0.5, 0.6) is 0 Å². The van der Waals surface area contributed by atoms with E-state index in [9.17, 15) is 4.79 Å². The van der Waals surface area contributed by atoms with Gasteiger partial charge < -0.3 is 16.0 Å². The number of hydrogen-bond acceptors (Lipinski definition) is 7. The van der Waals surface area contributed by atoms with Gasteiger partial charge in [0.2, 0.25) is 5.95 Å². The second kappa shape index (κ2) is 5.80. The van der Waals surface area contributed by atoms with E-state index in [-0.39, 0.29) is 11.9 Å². The van der Waals surface area contributed by atoms with Crippen LogP contribution in [0.25, 0.3) is 10.8 Å². The average molecular weight is 350 g/mol. The van der Waals surface area contributed by atoms with Crippen LogP contribution >= 0.6 is 0 Å². The van der Waals surface area contributed by atoms with Crippen LogP contribution in [0.2, 0.25) is 0 Å². The second-order valence-corrected chi connectivity index (χ2v) is 6.24. The number of rotatable bonds is 2. The summed E-state index contributed by atoms with van der Waals surface area (Å²) in [6.45, 7) is 3.79. The van der Waals surface area contributed by atoms with Crippen molar-refractivity contribution in [1.82, 2.24) is 25.2 Å². The number of nitrogen functional groups attached to an aromatic ring is 1. The third-order valence-electron chi connectivity index (χ3n) is 4.75. The van der Waals surface area contributed by atoms with E-state index in [1.165, 1.54) is 0 Å². The second-order valence-electron chi connectivity index (χ2n) is 6.24. The molecule has 0 aliphatic carbocycles. The van der Waals surface area contributed by atoms with E-state index in [1.54, 1.807) is 10.9 Å². The maximum Gasteiger partial charge on any atom is 0.255 e. The number of benzene rings is 1.